The number of nitrogens with zero attached hydrogens (tertiary/aromatic N) is 1. The number of hydrogen-bond acceptors (Lipinski definition) is 3. The molecule has 0 unspecified atom stereocenters. The molecule has 2 aliphatic rings. The SMILES string of the molecule is Cc1ccc(N2C(=O)NC(=O)C3(CC3)C2=O)c(C)c1. The number of amides is 4. The Morgan fingerprint density at radius 2 is 1.84 bits per heavy atom. The number of aryl methyl sites for hydroxylation is 2. The number of imide groups is 2. The van der Waals surface area contributed by atoms with Crippen LogP contribution in [0.15, 0.2) is 18.2 Å². The summed E-state index contributed by atoms with van der Waals surface area (Å²) in [7, 11) is 0. The van der Waals surface area contributed by atoms with E-state index in [0.29, 0.717) is 18.5 Å². The molecule has 5 heteroatoms. The van der Waals surface area contributed by atoms with Gasteiger partial charge >= 0.3 is 6.03 Å². The van der Waals surface area contributed by atoms with Crippen LogP contribution in [0.25, 0.3) is 0 Å². The first-order chi connectivity index (χ1) is 8.95. The molecule has 1 N–H and O–H groups in total. The van der Waals surface area contributed by atoms with E-state index in [1.807, 2.05) is 26.0 Å². The van der Waals surface area contributed by atoms with E-state index in [4.69, 9.17) is 0 Å². The molecule has 1 aromatic rings. The highest BCUT2D eigenvalue weighted by molar-refractivity contribution is 6.31. The first-order valence-corrected chi connectivity index (χ1v) is 6.23. The van der Waals surface area contributed by atoms with Gasteiger partial charge in [-0.05, 0) is 38.3 Å². The molecule has 1 spiro atoms. The van der Waals surface area contributed by atoms with E-state index in [9.17, 15) is 14.4 Å². The van der Waals surface area contributed by atoms with Gasteiger partial charge in [-0.15, -0.1) is 0 Å². The summed E-state index contributed by atoms with van der Waals surface area (Å²) in [5.41, 5.74) is 1.45. The van der Waals surface area contributed by atoms with Crippen molar-refractivity contribution < 1.29 is 14.4 Å². The lowest BCUT2D eigenvalue weighted by Crippen LogP contribution is -2.59. The van der Waals surface area contributed by atoms with Gasteiger partial charge in [0.25, 0.3) is 5.91 Å². The predicted molar refractivity (Wildman–Crippen MR) is 68.6 cm³/mol. The van der Waals surface area contributed by atoms with Crippen LogP contribution in [0.5, 0.6) is 0 Å². The summed E-state index contributed by atoms with van der Waals surface area (Å²) in [4.78, 5) is 37.2. The van der Waals surface area contributed by atoms with E-state index in [1.165, 1.54) is 0 Å². The van der Waals surface area contributed by atoms with E-state index in [1.54, 1.807) is 6.07 Å². The minimum absolute atomic E-state index is 0.395. The number of barbiturate groups is 1. The highest BCUT2D eigenvalue weighted by Gasteiger charge is 2.62. The molecule has 1 aromatic carbocycles. The molecule has 1 aliphatic carbocycles. The van der Waals surface area contributed by atoms with Crippen molar-refractivity contribution in [1.29, 1.82) is 0 Å². The Kier molecular flexibility index (Phi) is 2.29. The fraction of sp³-hybridized carbons (Fsp3) is 0.357. The Bertz CT molecular complexity index is 617. The Hall–Kier alpha value is -2.17. The Morgan fingerprint density at radius 3 is 2.42 bits per heavy atom. The normalized spacial score (nSPS) is 20.7. The third kappa shape index (κ3) is 1.58. The summed E-state index contributed by atoms with van der Waals surface area (Å²) in [6, 6.07) is 4.85. The summed E-state index contributed by atoms with van der Waals surface area (Å²) in [6.07, 6.45) is 1.04. The lowest BCUT2D eigenvalue weighted by molar-refractivity contribution is -0.136. The molecule has 1 saturated carbocycles. The fourth-order valence-corrected chi connectivity index (χ4v) is 2.52. The van der Waals surface area contributed by atoms with Crippen molar-refractivity contribution in [2.24, 2.45) is 5.41 Å². The van der Waals surface area contributed by atoms with Crippen LogP contribution in [-0.2, 0) is 9.59 Å². The standard InChI is InChI=1S/C14H14N2O3/c1-8-3-4-10(9(2)7-8)16-12(18)14(5-6-14)11(17)15-13(16)19/h3-4,7H,5-6H2,1-2H3,(H,15,17,19). The number of urea groups is 1. The van der Waals surface area contributed by atoms with Crippen LogP contribution >= 0.6 is 0 Å². The van der Waals surface area contributed by atoms with Gasteiger partial charge in [0, 0.05) is 0 Å². The van der Waals surface area contributed by atoms with Gasteiger partial charge in [-0.25, -0.2) is 9.69 Å². The van der Waals surface area contributed by atoms with Gasteiger partial charge in [0.15, 0.2) is 0 Å². The van der Waals surface area contributed by atoms with Gasteiger partial charge in [0.2, 0.25) is 5.91 Å². The van der Waals surface area contributed by atoms with Crippen molar-refractivity contribution in [2.75, 3.05) is 4.90 Å². The number of anilines is 1. The highest BCUT2D eigenvalue weighted by atomic mass is 16.2. The van der Waals surface area contributed by atoms with Gasteiger partial charge in [-0.3, -0.25) is 14.9 Å². The first kappa shape index (κ1) is 11.9. The van der Waals surface area contributed by atoms with Gasteiger partial charge in [-0.2, -0.15) is 0 Å². The highest BCUT2D eigenvalue weighted by Crippen LogP contribution is 2.49. The smallest absolute Gasteiger partial charge is 0.276 e. The molecule has 3 rings (SSSR count). The van der Waals surface area contributed by atoms with Crippen LogP contribution in [-0.4, -0.2) is 17.8 Å². The van der Waals surface area contributed by atoms with Crippen molar-refractivity contribution >= 4 is 23.5 Å². The van der Waals surface area contributed by atoms with Crippen LogP contribution in [0.3, 0.4) is 0 Å². The van der Waals surface area contributed by atoms with Crippen LogP contribution in [0.1, 0.15) is 24.0 Å². The summed E-state index contributed by atoms with van der Waals surface area (Å²) < 4.78 is 0. The molecular formula is C14H14N2O3. The van der Waals surface area contributed by atoms with Crippen molar-refractivity contribution in [1.82, 2.24) is 5.32 Å². The zero-order valence-electron chi connectivity index (χ0n) is 10.8. The second kappa shape index (κ2) is 3.66. The molecule has 0 aromatic heterocycles. The lowest BCUT2D eigenvalue weighted by atomic mass is 10.0. The van der Waals surface area contributed by atoms with E-state index in [2.05, 4.69) is 5.32 Å². The quantitative estimate of drug-likeness (QED) is 0.779. The Labute approximate surface area is 110 Å². The zero-order valence-corrected chi connectivity index (χ0v) is 10.8. The number of rotatable bonds is 1. The van der Waals surface area contributed by atoms with Crippen molar-refractivity contribution in [3.63, 3.8) is 0 Å². The van der Waals surface area contributed by atoms with Crippen LogP contribution in [0, 0.1) is 19.3 Å². The lowest BCUT2D eigenvalue weighted by Gasteiger charge is -2.31. The molecule has 0 atom stereocenters. The third-order valence-corrected chi connectivity index (χ3v) is 3.81. The average molecular weight is 258 g/mol. The number of hydrogen-bond donors (Lipinski definition) is 1. The van der Waals surface area contributed by atoms with E-state index >= 15 is 0 Å². The van der Waals surface area contributed by atoms with Crippen LogP contribution in [0.4, 0.5) is 10.5 Å². The minimum Gasteiger partial charge on any atom is -0.276 e. The minimum atomic E-state index is -0.995. The number of carbonyl (C=O) groups is 3. The molecular weight excluding hydrogens is 244 g/mol. The first-order valence-electron chi connectivity index (χ1n) is 6.23. The van der Waals surface area contributed by atoms with E-state index < -0.39 is 23.3 Å². The molecule has 0 bridgehead atoms. The van der Waals surface area contributed by atoms with Crippen molar-refractivity contribution in [2.45, 2.75) is 26.7 Å². The number of nitrogens with one attached hydrogen (secondary N) is 1. The van der Waals surface area contributed by atoms with Crippen molar-refractivity contribution in [3.8, 4) is 0 Å². The summed E-state index contributed by atoms with van der Waals surface area (Å²) >= 11 is 0. The molecule has 98 valence electrons. The average Bonchev–Trinajstić information content (AvgIpc) is 3.11. The van der Waals surface area contributed by atoms with Gasteiger partial charge in [0.1, 0.15) is 5.41 Å². The largest absolute Gasteiger partial charge is 0.335 e. The molecule has 19 heavy (non-hydrogen) atoms. The van der Waals surface area contributed by atoms with Crippen molar-refractivity contribution in [3.05, 3.63) is 29.3 Å². The topological polar surface area (TPSA) is 66.5 Å². The molecule has 2 fully saturated rings. The predicted octanol–water partition coefficient (Wildman–Crippen LogP) is 1.67. The van der Waals surface area contributed by atoms with Gasteiger partial charge in [-0.1, -0.05) is 17.7 Å². The Morgan fingerprint density at radius 1 is 1.16 bits per heavy atom. The maximum atomic E-state index is 12.4. The fourth-order valence-electron chi connectivity index (χ4n) is 2.52. The number of benzene rings is 1. The maximum Gasteiger partial charge on any atom is 0.335 e. The summed E-state index contributed by atoms with van der Waals surface area (Å²) in [6.45, 7) is 3.79. The van der Waals surface area contributed by atoms with Gasteiger partial charge in [0.05, 0.1) is 5.69 Å². The second-order valence-corrected chi connectivity index (χ2v) is 5.27. The van der Waals surface area contributed by atoms with Crippen LogP contribution in [0.2, 0.25) is 0 Å². The van der Waals surface area contributed by atoms with E-state index in [-0.39, 0.29) is 0 Å². The second-order valence-electron chi connectivity index (χ2n) is 5.27. The Balaban J connectivity index is 2.06. The molecule has 5 nitrogen and oxygen atoms in total. The molecule has 1 aliphatic heterocycles. The van der Waals surface area contributed by atoms with E-state index in [0.717, 1.165) is 16.0 Å². The van der Waals surface area contributed by atoms with Crippen LogP contribution < -0.4 is 10.2 Å². The monoisotopic (exact) mass is 258 g/mol. The molecule has 1 heterocycles. The third-order valence-electron chi connectivity index (χ3n) is 3.81. The summed E-state index contributed by atoms with van der Waals surface area (Å²) in [5.74, 6) is -0.850. The zero-order chi connectivity index (χ0) is 13.8. The number of carbonyl (C=O) groups excluding carboxylic acids is 3. The van der Waals surface area contributed by atoms with Gasteiger partial charge < -0.3 is 0 Å². The maximum absolute atomic E-state index is 12.4. The molecule has 1 saturated heterocycles. The molecule has 4 amide bonds. The molecule has 0 radical (unpaired) electrons. The summed E-state index contributed by atoms with van der Waals surface area (Å²) in [5, 5.41) is 2.28.